The summed E-state index contributed by atoms with van der Waals surface area (Å²) < 4.78 is 40.0. The van der Waals surface area contributed by atoms with Crippen LogP contribution in [0.25, 0.3) is 0 Å². The molecule has 0 aliphatic carbocycles. The molecule has 0 aliphatic rings. The summed E-state index contributed by atoms with van der Waals surface area (Å²) >= 11 is 5.56. The number of pyridine rings is 1. The first-order valence-corrected chi connectivity index (χ1v) is 6.41. The molecule has 0 aliphatic heterocycles. The van der Waals surface area contributed by atoms with E-state index in [0.717, 1.165) is 10.6 Å². The van der Waals surface area contributed by atoms with Gasteiger partial charge in [-0.2, -0.15) is 13.2 Å². The number of rotatable bonds is 2. The van der Waals surface area contributed by atoms with Gasteiger partial charge in [-0.1, -0.05) is 11.6 Å². The smallest absolute Gasteiger partial charge is 0.321 e. The number of nitrogens with zero attached hydrogens (tertiary/aromatic N) is 1. The van der Waals surface area contributed by atoms with E-state index in [9.17, 15) is 22.8 Å². The minimum atomic E-state index is -4.69. The Morgan fingerprint density at radius 1 is 1.27 bits per heavy atom. The van der Waals surface area contributed by atoms with E-state index in [1.165, 1.54) is 31.4 Å². The Labute approximate surface area is 128 Å². The predicted molar refractivity (Wildman–Crippen MR) is 76.1 cm³/mol. The van der Waals surface area contributed by atoms with Crippen molar-refractivity contribution in [2.75, 3.05) is 5.32 Å². The normalized spacial score (nSPS) is 11.3. The van der Waals surface area contributed by atoms with Crippen molar-refractivity contribution in [1.29, 1.82) is 0 Å². The summed E-state index contributed by atoms with van der Waals surface area (Å²) in [7, 11) is 1.43. The van der Waals surface area contributed by atoms with E-state index in [4.69, 9.17) is 11.6 Å². The molecular formula is C14H10ClF3N2O2. The number of hydrogen-bond acceptors (Lipinski definition) is 2. The highest BCUT2D eigenvalue weighted by Gasteiger charge is 2.34. The Morgan fingerprint density at radius 2 is 1.95 bits per heavy atom. The van der Waals surface area contributed by atoms with Gasteiger partial charge in [-0.05, 0) is 30.3 Å². The Kier molecular flexibility index (Phi) is 4.27. The van der Waals surface area contributed by atoms with Crippen molar-refractivity contribution < 1.29 is 18.0 Å². The largest absolute Gasteiger partial charge is 0.418 e. The van der Waals surface area contributed by atoms with Crippen LogP contribution in [0.4, 0.5) is 18.9 Å². The van der Waals surface area contributed by atoms with Crippen LogP contribution in [0.5, 0.6) is 0 Å². The zero-order chi connectivity index (χ0) is 16.5. The quantitative estimate of drug-likeness (QED) is 0.918. The minimum absolute atomic E-state index is 0.110. The van der Waals surface area contributed by atoms with Gasteiger partial charge < -0.3 is 9.88 Å². The molecule has 0 spiro atoms. The van der Waals surface area contributed by atoms with Gasteiger partial charge in [-0.25, -0.2) is 0 Å². The van der Waals surface area contributed by atoms with Crippen molar-refractivity contribution in [3.8, 4) is 0 Å². The van der Waals surface area contributed by atoms with Crippen molar-refractivity contribution in [3.05, 3.63) is 63.0 Å². The van der Waals surface area contributed by atoms with Gasteiger partial charge in [0.05, 0.1) is 11.3 Å². The Balaban J connectivity index is 2.41. The average molecular weight is 331 g/mol. The van der Waals surface area contributed by atoms with Crippen molar-refractivity contribution in [2.24, 2.45) is 7.05 Å². The summed E-state index contributed by atoms with van der Waals surface area (Å²) in [6.07, 6.45) is -3.25. The first-order valence-electron chi connectivity index (χ1n) is 6.04. The molecule has 1 amide bonds. The number of hydrogen-bond donors (Lipinski definition) is 1. The first-order chi connectivity index (χ1) is 10.2. The van der Waals surface area contributed by atoms with Gasteiger partial charge in [-0.15, -0.1) is 0 Å². The monoisotopic (exact) mass is 330 g/mol. The molecule has 8 heteroatoms. The molecule has 0 radical (unpaired) electrons. The third-order valence-corrected chi connectivity index (χ3v) is 3.14. The molecule has 2 aromatic rings. The number of carbonyl (C=O) groups is 1. The fourth-order valence-corrected chi connectivity index (χ4v) is 1.99. The fourth-order valence-electron chi connectivity index (χ4n) is 1.82. The second kappa shape index (κ2) is 5.84. The van der Waals surface area contributed by atoms with Crippen LogP contribution < -0.4 is 10.9 Å². The Morgan fingerprint density at radius 3 is 2.59 bits per heavy atom. The summed E-state index contributed by atoms with van der Waals surface area (Å²) in [6, 6.07) is 5.65. The number of aryl methyl sites for hydroxylation is 1. The molecule has 0 saturated carbocycles. The highest BCUT2D eigenvalue weighted by Crippen LogP contribution is 2.36. The van der Waals surface area contributed by atoms with Gasteiger partial charge in [0.1, 0.15) is 5.56 Å². The second-order valence-electron chi connectivity index (χ2n) is 4.48. The predicted octanol–water partition coefficient (Wildman–Crippen LogP) is 3.31. The zero-order valence-corrected chi connectivity index (χ0v) is 12.0. The van der Waals surface area contributed by atoms with Gasteiger partial charge in [0.2, 0.25) is 0 Å². The summed E-state index contributed by atoms with van der Waals surface area (Å²) in [5, 5.41) is 1.99. The number of nitrogens with one attached hydrogen (secondary N) is 1. The lowest BCUT2D eigenvalue weighted by Crippen LogP contribution is -2.27. The van der Waals surface area contributed by atoms with E-state index >= 15 is 0 Å². The van der Waals surface area contributed by atoms with Gasteiger partial charge >= 0.3 is 6.18 Å². The van der Waals surface area contributed by atoms with E-state index in [-0.39, 0.29) is 10.6 Å². The lowest BCUT2D eigenvalue weighted by atomic mass is 10.1. The van der Waals surface area contributed by atoms with Crippen LogP contribution in [-0.2, 0) is 13.2 Å². The summed E-state index contributed by atoms with van der Waals surface area (Å²) in [6.45, 7) is 0. The number of aromatic nitrogens is 1. The molecule has 1 aromatic carbocycles. The molecule has 0 saturated heterocycles. The van der Waals surface area contributed by atoms with E-state index in [2.05, 4.69) is 5.32 Å². The molecule has 1 N–H and O–H groups in total. The zero-order valence-electron chi connectivity index (χ0n) is 11.2. The summed E-state index contributed by atoms with van der Waals surface area (Å²) in [4.78, 5) is 23.8. The molecule has 0 unspecified atom stereocenters. The number of amides is 1. The lowest BCUT2D eigenvalue weighted by Gasteiger charge is -2.14. The Bertz CT molecular complexity index is 784. The molecule has 0 bridgehead atoms. The number of anilines is 1. The third-order valence-electron chi connectivity index (χ3n) is 2.90. The standard InChI is InChI=1S/C14H10ClF3N2O2/c1-20-6-2-3-9(13(20)22)12(21)19-11-5-4-8(15)7-10(11)14(16,17)18/h2-7H,1H3,(H,19,21). The second-order valence-corrected chi connectivity index (χ2v) is 4.92. The number of carbonyl (C=O) groups excluding carboxylic acids is 1. The Hall–Kier alpha value is -2.28. The van der Waals surface area contributed by atoms with Crippen molar-refractivity contribution >= 4 is 23.2 Å². The molecule has 0 fully saturated rings. The fraction of sp³-hybridized carbons (Fsp3) is 0.143. The number of benzene rings is 1. The molecule has 1 aromatic heterocycles. The summed E-state index contributed by atoms with van der Waals surface area (Å²) in [5.74, 6) is -0.922. The van der Waals surface area contributed by atoms with Gasteiger partial charge in [0, 0.05) is 18.3 Å². The molecule has 22 heavy (non-hydrogen) atoms. The van der Waals surface area contributed by atoms with Crippen LogP contribution in [-0.4, -0.2) is 10.5 Å². The average Bonchev–Trinajstić information content (AvgIpc) is 2.42. The van der Waals surface area contributed by atoms with Crippen LogP contribution in [0.2, 0.25) is 5.02 Å². The molecule has 0 atom stereocenters. The van der Waals surface area contributed by atoms with Crippen LogP contribution in [0, 0.1) is 0 Å². The van der Waals surface area contributed by atoms with Crippen LogP contribution in [0.15, 0.2) is 41.3 Å². The maximum Gasteiger partial charge on any atom is 0.418 e. The van der Waals surface area contributed by atoms with Gasteiger partial charge in [-0.3, -0.25) is 9.59 Å². The minimum Gasteiger partial charge on any atom is -0.321 e. The van der Waals surface area contributed by atoms with E-state index < -0.39 is 28.9 Å². The highest BCUT2D eigenvalue weighted by atomic mass is 35.5. The topological polar surface area (TPSA) is 51.1 Å². The maximum atomic E-state index is 12.9. The number of halogens is 4. The van der Waals surface area contributed by atoms with Gasteiger partial charge in [0.15, 0.2) is 0 Å². The first kappa shape index (κ1) is 16.1. The molecule has 116 valence electrons. The molecule has 1 heterocycles. The molecular weight excluding hydrogens is 321 g/mol. The number of alkyl halides is 3. The van der Waals surface area contributed by atoms with Crippen molar-refractivity contribution in [1.82, 2.24) is 4.57 Å². The van der Waals surface area contributed by atoms with Gasteiger partial charge in [0.25, 0.3) is 11.5 Å². The van der Waals surface area contributed by atoms with Crippen LogP contribution >= 0.6 is 11.6 Å². The lowest BCUT2D eigenvalue weighted by molar-refractivity contribution is -0.136. The molecule has 2 rings (SSSR count). The SMILES string of the molecule is Cn1cccc(C(=O)Nc2ccc(Cl)cc2C(F)(F)F)c1=O. The van der Waals surface area contributed by atoms with Crippen molar-refractivity contribution in [2.45, 2.75) is 6.18 Å². The van der Waals surface area contributed by atoms with E-state index in [0.29, 0.717) is 6.07 Å². The maximum absolute atomic E-state index is 12.9. The van der Waals surface area contributed by atoms with E-state index in [1.807, 2.05) is 0 Å². The summed E-state index contributed by atoms with van der Waals surface area (Å²) in [5.41, 5.74) is -2.41. The highest BCUT2D eigenvalue weighted by molar-refractivity contribution is 6.30. The third kappa shape index (κ3) is 3.30. The molecule has 4 nitrogen and oxygen atoms in total. The van der Waals surface area contributed by atoms with E-state index in [1.54, 1.807) is 0 Å². The van der Waals surface area contributed by atoms with Crippen LogP contribution in [0.3, 0.4) is 0 Å². The van der Waals surface area contributed by atoms with Crippen LogP contribution in [0.1, 0.15) is 15.9 Å². The van der Waals surface area contributed by atoms with Crippen molar-refractivity contribution in [3.63, 3.8) is 0 Å².